The molecule has 7 heteroatoms. The average Bonchev–Trinajstić information content (AvgIpc) is 2.80. The topological polar surface area (TPSA) is 87.3 Å². The molecule has 1 aromatic carbocycles. The third-order valence-electron chi connectivity index (χ3n) is 2.85. The fourth-order valence-electron chi connectivity index (χ4n) is 1.96. The van der Waals surface area contributed by atoms with Gasteiger partial charge in [0.1, 0.15) is 0 Å². The van der Waals surface area contributed by atoms with Crippen molar-refractivity contribution in [3.63, 3.8) is 0 Å². The Hall–Kier alpha value is -1.60. The van der Waals surface area contributed by atoms with Crippen molar-refractivity contribution >= 4 is 21.6 Å². The molecule has 1 amide bonds. The van der Waals surface area contributed by atoms with Crippen LogP contribution in [0.4, 0.5) is 5.69 Å². The van der Waals surface area contributed by atoms with Crippen LogP contribution in [-0.4, -0.2) is 40.2 Å². The maximum atomic E-state index is 11.9. The lowest BCUT2D eigenvalue weighted by molar-refractivity contribution is 0.0954. The molecule has 6 nitrogen and oxygen atoms in total. The van der Waals surface area contributed by atoms with Gasteiger partial charge < -0.3 is 10.6 Å². The van der Waals surface area contributed by atoms with E-state index in [1.54, 1.807) is 6.07 Å². The number of amides is 1. The highest BCUT2D eigenvalue weighted by molar-refractivity contribution is 7.88. The number of carbonyl (C=O) groups excluding carboxylic acids is 1. The van der Waals surface area contributed by atoms with Crippen LogP contribution in [0.15, 0.2) is 18.2 Å². The van der Waals surface area contributed by atoms with Crippen LogP contribution in [-0.2, 0) is 16.4 Å². The molecule has 0 unspecified atom stereocenters. The lowest BCUT2D eigenvalue weighted by Crippen LogP contribution is -2.34. The summed E-state index contributed by atoms with van der Waals surface area (Å²) in [5, 5.41) is 5.90. The fraction of sp³-hybridized carbons (Fsp3) is 0.417. The van der Waals surface area contributed by atoms with Crippen LogP contribution in [0.5, 0.6) is 0 Å². The monoisotopic (exact) mass is 283 g/mol. The lowest BCUT2D eigenvalue weighted by atomic mass is 10.1. The van der Waals surface area contributed by atoms with E-state index in [1.165, 1.54) is 0 Å². The molecule has 0 aromatic heterocycles. The standard InChI is InChI=1S/C12H17N3O3S/c1-19(17,18)15-7-6-14-12(16)10-2-3-11-9(8-10)4-5-13-11/h2-3,8,13,15H,4-7H2,1H3,(H,14,16). The zero-order valence-electron chi connectivity index (χ0n) is 10.7. The largest absolute Gasteiger partial charge is 0.384 e. The van der Waals surface area contributed by atoms with Gasteiger partial charge in [0.25, 0.3) is 5.91 Å². The minimum Gasteiger partial charge on any atom is -0.384 e. The maximum absolute atomic E-state index is 11.9. The van der Waals surface area contributed by atoms with E-state index in [4.69, 9.17) is 0 Å². The minimum atomic E-state index is -3.20. The van der Waals surface area contributed by atoms with Crippen LogP contribution in [0.1, 0.15) is 15.9 Å². The molecular weight excluding hydrogens is 266 g/mol. The Labute approximate surface area is 112 Å². The zero-order valence-corrected chi connectivity index (χ0v) is 11.5. The molecule has 0 fully saturated rings. The van der Waals surface area contributed by atoms with E-state index < -0.39 is 10.0 Å². The van der Waals surface area contributed by atoms with Crippen molar-refractivity contribution in [2.45, 2.75) is 6.42 Å². The van der Waals surface area contributed by atoms with Crippen molar-refractivity contribution in [3.05, 3.63) is 29.3 Å². The number of hydrogen-bond acceptors (Lipinski definition) is 4. The molecule has 0 bridgehead atoms. The number of carbonyl (C=O) groups is 1. The number of hydrogen-bond donors (Lipinski definition) is 3. The lowest BCUT2D eigenvalue weighted by Gasteiger charge is -2.07. The highest BCUT2D eigenvalue weighted by Crippen LogP contribution is 2.22. The van der Waals surface area contributed by atoms with Crippen LogP contribution in [0.25, 0.3) is 0 Å². The summed E-state index contributed by atoms with van der Waals surface area (Å²) in [4.78, 5) is 11.9. The molecule has 1 aliphatic rings. The predicted octanol–water partition coefficient (Wildman–Crippen LogP) is -0.0664. The van der Waals surface area contributed by atoms with Crippen LogP contribution >= 0.6 is 0 Å². The zero-order chi connectivity index (χ0) is 13.9. The molecule has 0 radical (unpaired) electrons. The summed E-state index contributed by atoms with van der Waals surface area (Å²) in [7, 11) is -3.20. The Balaban J connectivity index is 1.87. The molecule has 1 aromatic rings. The van der Waals surface area contributed by atoms with Gasteiger partial charge >= 0.3 is 0 Å². The molecule has 0 saturated heterocycles. The highest BCUT2D eigenvalue weighted by atomic mass is 32.2. The van der Waals surface area contributed by atoms with Gasteiger partial charge in [0.15, 0.2) is 0 Å². The average molecular weight is 283 g/mol. The summed E-state index contributed by atoms with van der Waals surface area (Å²) in [5.74, 6) is -0.190. The van der Waals surface area contributed by atoms with Gasteiger partial charge in [-0.3, -0.25) is 4.79 Å². The molecule has 2 rings (SSSR count). The first-order valence-corrected chi connectivity index (χ1v) is 7.94. The van der Waals surface area contributed by atoms with E-state index in [-0.39, 0.29) is 19.0 Å². The third-order valence-corrected chi connectivity index (χ3v) is 3.58. The normalized spacial score (nSPS) is 13.7. The first-order valence-electron chi connectivity index (χ1n) is 6.05. The van der Waals surface area contributed by atoms with Crippen molar-refractivity contribution in [2.24, 2.45) is 0 Å². The van der Waals surface area contributed by atoms with Crippen LogP contribution in [0.3, 0.4) is 0 Å². The van der Waals surface area contributed by atoms with Gasteiger partial charge in [0, 0.05) is 30.9 Å². The Kier molecular flexibility index (Phi) is 4.06. The van der Waals surface area contributed by atoms with Gasteiger partial charge in [0.2, 0.25) is 10.0 Å². The Bertz CT molecular complexity index is 584. The Morgan fingerprint density at radius 3 is 2.89 bits per heavy atom. The van der Waals surface area contributed by atoms with Crippen molar-refractivity contribution in [1.82, 2.24) is 10.0 Å². The maximum Gasteiger partial charge on any atom is 0.251 e. The number of nitrogens with one attached hydrogen (secondary N) is 3. The Morgan fingerprint density at radius 2 is 2.16 bits per heavy atom. The summed E-state index contributed by atoms with van der Waals surface area (Å²) < 4.78 is 24.0. The number of fused-ring (bicyclic) bond motifs is 1. The van der Waals surface area contributed by atoms with E-state index in [2.05, 4.69) is 15.4 Å². The molecule has 0 atom stereocenters. The van der Waals surface area contributed by atoms with Crippen LogP contribution in [0, 0.1) is 0 Å². The molecule has 19 heavy (non-hydrogen) atoms. The van der Waals surface area contributed by atoms with Gasteiger partial charge in [-0.25, -0.2) is 13.1 Å². The van der Waals surface area contributed by atoms with Gasteiger partial charge in [0.05, 0.1) is 6.26 Å². The summed E-state index contributed by atoms with van der Waals surface area (Å²) in [6.45, 7) is 1.36. The molecular formula is C12H17N3O3S. The van der Waals surface area contributed by atoms with Gasteiger partial charge in [-0.15, -0.1) is 0 Å². The minimum absolute atomic E-state index is 0.190. The van der Waals surface area contributed by atoms with E-state index in [0.717, 1.165) is 30.5 Å². The summed E-state index contributed by atoms with van der Waals surface area (Å²) >= 11 is 0. The molecule has 104 valence electrons. The van der Waals surface area contributed by atoms with Crippen molar-refractivity contribution < 1.29 is 13.2 Å². The molecule has 0 saturated carbocycles. The van der Waals surface area contributed by atoms with Crippen LogP contribution < -0.4 is 15.4 Å². The van der Waals surface area contributed by atoms with Crippen molar-refractivity contribution in [2.75, 3.05) is 31.2 Å². The molecule has 1 aliphatic heterocycles. The molecule has 0 aliphatic carbocycles. The van der Waals surface area contributed by atoms with Gasteiger partial charge in [-0.2, -0.15) is 0 Å². The summed E-state index contributed by atoms with van der Waals surface area (Å²) in [5.41, 5.74) is 2.82. The summed E-state index contributed by atoms with van der Waals surface area (Å²) in [6.07, 6.45) is 2.01. The smallest absolute Gasteiger partial charge is 0.251 e. The number of sulfonamides is 1. The van der Waals surface area contributed by atoms with Crippen molar-refractivity contribution in [1.29, 1.82) is 0 Å². The van der Waals surface area contributed by atoms with E-state index >= 15 is 0 Å². The third kappa shape index (κ3) is 3.93. The van der Waals surface area contributed by atoms with Gasteiger partial charge in [-0.05, 0) is 30.2 Å². The second kappa shape index (κ2) is 5.58. The first-order chi connectivity index (χ1) is 8.96. The quantitative estimate of drug-likeness (QED) is 0.660. The predicted molar refractivity (Wildman–Crippen MR) is 73.8 cm³/mol. The first kappa shape index (κ1) is 13.8. The Morgan fingerprint density at radius 1 is 1.37 bits per heavy atom. The summed E-state index contributed by atoms with van der Waals surface area (Å²) in [6, 6.07) is 5.52. The molecule has 0 spiro atoms. The van der Waals surface area contributed by atoms with Gasteiger partial charge in [-0.1, -0.05) is 0 Å². The number of benzene rings is 1. The fourth-order valence-corrected chi connectivity index (χ4v) is 2.43. The van der Waals surface area contributed by atoms with E-state index in [9.17, 15) is 13.2 Å². The van der Waals surface area contributed by atoms with E-state index in [0.29, 0.717) is 5.56 Å². The number of anilines is 1. The molecule has 3 N–H and O–H groups in total. The highest BCUT2D eigenvalue weighted by Gasteiger charge is 2.13. The van der Waals surface area contributed by atoms with Crippen LogP contribution in [0.2, 0.25) is 0 Å². The molecule has 1 heterocycles. The second-order valence-corrected chi connectivity index (χ2v) is 6.30. The van der Waals surface area contributed by atoms with Crippen molar-refractivity contribution in [3.8, 4) is 0 Å². The second-order valence-electron chi connectivity index (χ2n) is 4.47. The van der Waals surface area contributed by atoms with E-state index in [1.807, 2.05) is 12.1 Å². The number of rotatable bonds is 5. The SMILES string of the molecule is CS(=O)(=O)NCCNC(=O)c1ccc2c(c1)CCN2.